The molecule has 0 radical (unpaired) electrons. The fourth-order valence-corrected chi connectivity index (χ4v) is 1.64. The Kier molecular flexibility index (Phi) is 4.39. The van der Waals surface area contributed by atoms with Gasteiger partial charge in [-0.05, 0) is 52.6 Å². The highest BCUT2D eigenvalue weighted by atomic mass is 16.6. The number of piperidine rings is 1. The standard InChI is InChI=1S/C11H22N2O2.H2/c1-11(2,3)15-10(14)13-8-9-5-4-6-12-7-9;/h9,12H,4-8H2,1-3H3,(H,13,14);1H. The van der Waals surface area contributed by atoms with Crippen LogP contribution >= 0.6 is 0 Å². The Balaban J connectivity index is 0.00000225. The Hall–Kier alpha value is -0.770. The van der Waals surface area contributed by atoms with Crippen molar-refractivity contribution in [3.05, 3.63) is 0 Å². The van der Waals surface area contributed by atoms with Crippen molar-refractivity contribution in [2.75, 3.05) is 19.6 Å². The second-order valence-electron chi connectivity index (χ2n) is 5.10. The Morgan fingerprint density at radius 3 is 2.87 bits per heavy atom. The van der Waals surface area contributed by atoms with Gasteiger partial charge in [-0.2, -0.15) is 0 Å². The number of rotatable bonds is 2. The Labute approximate surface area is 93.2 Å². The molecule has 90 valence electrons. The molecule has 1 atom stereocenters. The number of carbonyl (C=O) groups excluding carboxylic acids is 1. The summed E-state index contributed by atoms with van der Waals surface area (Å²) in [5.74, 6) is 0.547. The first kappa shape index (κ1) is 12.3. The van der Waals surface area contributed by atoms with E-state index >= 15 is 0 Å². The summed E-state index contributed by atoms with van der Waals surface area (Å²) in [5.41, 5.74) is -0.408. The van der Waals surface area contributed by atoms with Crippen molar-refractivity contribution in [1.82, 2.24) is 10.6 Å². The summed E-state index contributed by atoms with van der Waals surface area (Å²) in [6, 6.07) is 0. The third-order valence-corrected chi connectivity index (χ3v) is 2.33. The maximum absolute atomic E-state index is 11.3. The van der Waals surface area contributed by atoms with Crippen LogP contribution in [0.15, 0.2) is 0 Å². The number of hydrogen-bond donors (Lipinski definition) is 2. The van der Waals surface area contributed by atoms with E-state index in [1.807, 2.05) is 20.8 Å². The van der Waals surface area contributed by atoms with E-state index in [2.05, 4.69) is 10.6 Å². The molecule has 0 aromatic carbocycles. The van der Waals surface area contributed by atoms with E-state index in [1.165, 1.54) is 12.8 Å². The molecule has 0 spiro atoms. The molecule has 1 aliphatic heterocycles. The predicted molar refractivity (Wildman–Crippen MR) is 61.9 cm³/mol. The molecule has 4 heteroatoms. The fourth-order valence-electron chi connectivity index (χ4n) is 1.64. The minimum Gasteiger partial charge on any atom is -0.444 e. The number of ether oxygens (including phenoxy) is 1. The summed E-state index contributed by atoms with van der Waals surface area (Å²) >= 11 is 0. The molecule has 15 heavy (non-hydrogen) atoms. The first-order valence-electron chi connectivity index (χ1n) is 5.65. The van der Waals surface area contributed by atoms with Crippen molar-refractivity contribution in [2.45, 2.75) is 39.2 Å². The van der Waals surface area contributed by atoms with Gasteiger partial charge in [0.05, 0.1) is 0 Å². The third-order valence-electron chi connectivity index (χ3n) is 2.33. The quantitative estimate of drug-likeness (QED) is 0.739. The monoisotopic (exact) mass is 216 g/mol. The molecule has 1 amide bonds. The average molecular weight is 216 g/mol. The van der Waals surface area contributed by atoms with Crippen LogP contribution in [-0.2, 0) is 4.74 Å². The maximum Gasteiger partial charge on any atom is 0.407 e. The topological polar surface area (TPSA) is 50.4 Å². The number of amides is 1. The van der Waals surface area contributed by atoms with Gasteiger partial charge < -0.3 is 15.4 Å². The van der Waals surface area contributed by atoms with Crippen molar-refractivity contribution in [3.63, 3.8) is 0 Å². The van der Waals surface area contributed by atoms with Gasteiger partial charge in [-0.25, -0.2) is 4.79 Å². The van der Waals surface area contributed by atoms with Gasteiger partial charge in [0.15, 0.2) is 0 Å². The van der Waals surface area contributed by atoms with E-state index in [9.17, 15) is 4.79 Å². The van der Waals surface area contributed by atoms with Crippen molar-refractivity contribution >= 4 is 6.09 Å². The zero-order chi connectivity index (χ0) is 11.3. The van der Waals surface area contributed by atoms with E-state index in [0.717, 1.165) is 13.1 Å². The lowest BCUT2D eigenvalue weighted by Gasteiger charge is -2.24. The molecule has 1 saturated heterocycles. The average Bonchev–Trinajstić information content (AvgIpc) is 2.14. The number of hydrogen-bond acceptors (Lipinski definition) is 3. The van der Waals surface area contributed by atoms with Gasteiger partial charge in [0.1, 0.15) is 5.60 Å². The Morgan fingerprint density at radius 2 is 2.33 bits per heavy atom. The van der Waals surface area contributed by atoms with Crippen LogP contribution in [0.4, 0.5) is 4.79 Å². The van der Waals surface area contributed by atoms with Crippen LogP contribution in [0.2, 0.25) is 0 Å². The first-order valence-corrected chi connectivity index (χ1v) is 5.65. The van der Waals surface area contributed by atoms with Gasteiger partial charge in [0.2, 0.25) is 0 Å². The molecule has 0 saturated carbocycles. The lowest BCUT2D eigenvalue weighted by Crippen LogP contribution is -2.40. The number of alkyl carbamates (subject to hydrolysis) is 1. The van der Waals surface area contributed by atoms with Crippen LogP contribution in [0.25, 0.3) is 0 Å². The van der Waals surface area contributed by atoms with Crippen LogP contribution in [0.5, 0.6) is 0 Å². The first-order chi connectivity index (χ1) is 6.97. The van der Waals surface area contributed by atoms with Crippen molar-refractivity contribution < 1.29 is 11.0 Å². The highest BCUT2D eigenvalue weighted by molar-refractivity contribution is 5.67. The molecule has 4 nitrogen and oxygen atoms in total. The SMILES string of the molecule is CC(C)(C)OC(=O)NCC1CCCNC1.[HH]. The second-order valence-corrected chi connectivity index (χ2v) is 5.10. The minimum atomic E-state index is -0.408. The molecule has 1 unspecified atom stereocenters. The van der Waals surface area contributed by atoms with E-state index in [4.69, 9.17) is 4.74 Å². The molecule has 1 heterocycles. The largest absolute Gasteiger partial charge is 0.444 e. The van der Waals surface area contributed by atoms with Crippen molar-refractivity contribution in [2.24, 2.45) is 5.92 Å². The highest BCUT2D eigenvalue weighted by Gasteiger charge is 2.18. The fraction of sp³-hybridized carbons (Fsp3) is 0.909. The summed E-state index contributed by atoms with van der Waals surface area (Å²) in [6.07, 6.45) is 2.07. The smallest absolute Gasteiger partial charge is 0.407 e. The summed E-state index contributed by atoms with van der Waals surface area (Å²) < 4.78 is 5.16. The van der Waals surface area contributed by atoms with Gasteiger partial charge in [-0.15, -0.1) is 0 Å². The zero-order valence-electron chi connectivity index (χ0n) is 9.93. The molecular formula is C11H24N2O2. The molecule has 1 fully saturated rings. The molecule has 1 rings (SSSR count). The third kappa shape index (κ3) is 5.62. The Morgan fingerprint density at radius 1 is 1.60 bits per heavy atom. The van der Waals surface area contributed by atoms with Crippen LogP contribution in [0, 0.1) is 5.92 Å². The lowest BCUT2D eigenvalue weighted by molar-refractivity contribution is 0.0517. The maximum atomic E-state index is 11.3. The molecule has 0 aromatic rings. The molecule has 0 aromatic heterocycles. The van der Waals surface area contributed by atoms with Crippen LogP contribution in [-0.4, -0.2) is 31.3 Å². The van der Waals surface area contributed by atoms with Gasteiger partial charge in [-0.3, -0.25) is 0 Å². The summed E-state index contributed by atoms with van der Waals surface area (Å²) in [5, 5.41) is 6.12. The van der Waals surface area contributed by atoms with Crippen molar-refractivity contribution in [3.8, 4) is 0 Å². The van der Waals surface area contributed by atoms with E-state index in [-0.39, 0.29) is 7.52 Å². The van der Waals surface area contributed by atoms with E-state index in [1.54, 1.807) is 0 Å². The van der Waals surface area contributed by atoms with Crippen LogP contribution < -0.4 is 10.6 Å². The second kappa shape index (κ2) is 5.35. The van der Waals surface area contributed by atoms with Gasteiger partial charge in [-0.1, -0.05) is 0 Å². The molecular weight excluding hydrogens is 192 g/mol. The molecule has 1 aliphatic rings. The van der Waals surface area contributed by atoms with Gasteiger partial charge in [0.25, 0.3) is 0 Å². The lowest BCUT2D eigenvalue weighted by atomic mass is 10.00. The normalized spacial score (nSPS) is 22.2. The predicted octanol–water partition coefficient (Wildman–Crippen LogP) is 1.76. The minimum absolute atomic E-state index is 0. The summed E-state index contributed by atoms with van der Waals surface area (Å²) in [4.78, 5) is 11.3. The van der Waals surface area contributed by atoms with E-state index < -0.39 is 5.60 Å². The highest BCUT2D eigenvalue weighted by Crippen LogP contribution is 2.09. The van der Waals surface area contributed by atoms with Crippen LogP contribution in [0.1, 0.15) is 35.0 Å². The molecule has 2 N–H and O–H groups in total. The van der Waals surface area contributed by atoms with E-state index in [0.29, 0.717) is 12.5 Å². The van der Waals surface area contributed by atoms with Gasteiger partial charge >= 0.3 is 6.09 Å². The molecule has 0 bridgehead atoms. The summed E-state index contributed by atoms with van der Waals surface area (Å²) in [6.45, 7) is 8.42. The number of carbonyl (C=O) groups is 1. The Bertz CT molecular complexity index is 211. The molecule has 0 aliphatic carbocycles. The van der Waals surface area contributed by atoms with Crippen LogP contribution in [0.3, 0.4) is 0 Å². The number of nitrogens with one attached hydrogen (secondary N) is 2. The summed E-state index contributed by atoms with van der Waals surface area (Å²) in [7, 11) is 0. The zero-order valence-corrected chi connectivity index (χ0v) is 9.93. The van der Waals surface area contributed by atoms with Gasteiger partial charge in [0, 0.05) is 7.97 Å². The van der Waals surface area contributed by atoms with Crippen molar-refractivity contribution in [1.29, 1.82) is 0 Å².